The number of methoxy groups -OCH3 is 1. The van der Waals surface area contributed by atoms with Crippen LogP contribution < -0.4 is 14.8 Å². The lowest BCUT2D eigenvalue weighted by atomic mass is 10.2. The van der Waals surface area contributed by atoms with Crippen molar-refractivity contribution in [2.75, 3.05) is 18.2 Å². The zero-order chi connectivity index (χ0) is 20.7. The standard InChI is InChI=1S/C19H23ClN2O4S2/c1-13(2)22-28(24,25)15-8-9-18(26-3)17(10-15)21-19(23)12-27-11-14-6-4-5-7-16(14)20/h4-10,13,22H,11-12H2,1-3H3,(H,21,23). The number of nitrogens with one attached hydrogen (secondary N) is 2. The summed E-state index contributed by atoms with van der Waals surface area (Å²) >= 11 is 7.52. The van der Waals surface area contributed by atoms with Gasteiger partial charge in [-0.1, -0.05) is 29.8 Å². The SMILES string of the molecule is COc1ccc(S(=O)(=O)NC(C)C)cc1NC(=O)CSCc1ccccc1Cl. The Morgan fingerprint density at radius 2 is 1.93 bits per heavy atom. The van der Waals surface area contributed by atoms with Crippen LogP contribution in [0.25, 0.3) is 0 Å². The summed E-state index contributed by atoms with van der Waals surface area (Å²) < 4.78 is 32.5. The predicted molar refractivity (Wildman–Crippen MR) is 115 cm³/mol. The van der Waals surface area contributed by atoms with Crippen LogP contribution >= 0.6 is 23.4 Å². The number of amides is 1. The molecule has 0 aliphatic heterocycles. The molecule has 2 rings (SSSR count). The van der Waals surface area contributed by atoms with Gasteiger partial charge in [0.1, 0.15) is 5.75 Å². The summed E-state index contributed by atoms with van der Waals surface area (Å²) in [6.45, 7) is 3.47. The van der Waals surface area contributed by atoms with Crippen LogP contribution in [0.2, 0.25) is 5.02 Å². The van der Waals surface area contributed by atoms with Gasteiger partial charge in [-0.05, 0) is 43.7 Å². The molecule has 152 valence electrons. The normalized spacial score (nSPS) is 11.5. The number of anilines is 1. The summed E-state index contributed by atoms with van der Waals surface area (Å²) in [6, 6.07) is 11.6. The van der Waals surface area contributed by atoms with E-state index in [1.54, 1.807) is 19.9 Å². The summed E-state index contributed by atoms with van der Waals surface area (Å²) in [6.07, 6.45) is 0. The van der Waals surface area contributed by atoms with Gasteiger partial charge in [0.15, 0.2) is 0 Å². The van der Waals surface area contributed by atoms with Crippen molar-refractivity contribution in [1.29, 1.82) is 0 Å². The Hall–Kier alpha value is -1.74. The molecule has 0 atom stereocenters. The zero-order valence-corrected chi connectivity index (χ0v) is 18.2. The van der Waals surface area contributed by atoms with Crippen LogP contribution in [0, 0.1) is 0 Å². The number of carbonyl (C=O) groups is 1. The maximum absolute atomic E-state index is 12.4. The molecular weight excluding hydrogens is 420 g/mol. The Bertz CT molecular complexity index is 933. The topological polar surface area (TPSA) is 84.5 Å². The fourth-order valence-electron chi connectivity index (χ4n) is 2.39. The van der Waals surface area contributed by atoms with Crippen molar-refractivity contribution in [1.82, 2.24) is 4.72 Å². The van der Waals surface area contributed by atoms with Gasteiger partial charge in [0.05, 0.1) is 23.4 Å². The van der Waals surface area contributed by atoms with Crippen LogP contribution in [-0.2, 0) is 20.6 Å². The van der Waals surface area contributed by atoms with E-state index in [2.05, 4.69) is 10.0 Å². The highest BCUT2D eigenvalue weighted by Gasteiger charge is 2.18. The second-order valence-electron chi connectivity index (χ2n) is 6.27. The van der Waals surface area contributed by atoms with Crippen LogP contribution in [0.4, 0.5) is 5.69 Å². The van der Waals surface area contributed by atoms with Gasteiger partial charge in [0, 0.05) is 16.8 Å². The molecule has 0 aliphatic carbocycles. The van der Waals surface area contributed by atoms with Crippen molar-refractivity contribution in [3.05, 3.63) is 53.1 Å². The minimum Gasteiger partial charge on any atom is -0.495 e. The third kappa shape index (κ3) is 6.41. The quantitative estimate of drug-likeness (QED) is 0.615. The lowest BCUT2D eigenvalue weighted by molar-refractivity contribution is -0.113. The van der Waals surface area contributed by atoms with Crippen molar-refractivity contribution in [2.24, 2.45) is 0 Å². The minimum absolute atomic E-state index is 0.0565. The Morgan fingerprint density at radius 3 is 2.57 bits per heavy atom. The van der Waals surface area contributed by atoms with Gasteiger partial charge < -0.3 is 10.1 Å². The molecule has 0 unspecified atom stereocenters. The van der Waals surface area contributed by atoms with Crippen LogP contribution in [0.15, 0.2) is 47.4 Å². The smallest absolute Gasteiger partial charge is 0.240 e. The molecule has 2 N–H and O–H groups in total. The molecular formula is C19H23ClN2O4S2. The average Bonchev–Trinajstić information content (AvgIpc) is 2.62. The Labute approximate surface area is 175 Å². The second-order valence-corrected chi connectivity index (χ2v) is 9.38. The van der Waals surface area contributed by atoms with Gasteiger partial charge in [0.25, 0.3) is 0 Å². The summed E-state index contributed by atoms with van der Waals surface area (Å²) in [7, 11) is -2.22. The molecule has 28 heavy (non-hydrogen) atoms. The van der Waals surface area contributed by atoms with Crippen molar-refractivity contribution in [2.45, 2.75) is 30.5 Å². The van der Waals surface area contributed by atoms with E-state index in [4.69, 9.17) is 16.3 Å². The van der Waals surface area contributed by atoms with Gasteiger partial charge in [0.2, 0.25) is 15.9 Å². The summed E-state index contributed by atoms with van der Waals surface area (Å²) in [5.74, 6) is 0.904. The van der Waals surface area contributed by atoms with E-state index in [0.29, 0.717) is 22.2 Å². The molecule has 0 saturated carbocycles. The van der Waals surface area contributed by atoms with Gasteiger partial charge in [-0.25, -0.2) is 13.1 Å². The number of carbonyl (C=O) groups excluding carboxylic acids is 1. The number of sulfonamides is 1. The molecule has 0 bridgehead atoms. The highest BCUT2D eigenvalue weighted by molar-refractivity contribution is 7.99. The van der Waals surface area contributed by atoms with E-state index >= 15 is 0 Å². The van der Waals surface area contributed by atoms with Crippen LogP contribution in [-0.4, -0.2) is 33.2 Å². The highest BCUT2D eigenvalue weighted by atomic mass is 35.5. The molecule has 6 nitrogen and oxygen atoms in total. The minimum atomic E-state index is -3.68. The number of thioether (sulfide) groups is 1. The predicted octanol–water partition coefficient (Wildman–Crippen LogP) is 3.91. The van der Waals surface area contributed by atoms with Gasteiger partial charge in [-0.15, -0.1) is 11.8 Å². The molecule has 0 saturated heterocycles. The first kappa shape index (κ1) is 22.5. The maximum Gasteiger partial charge on any atom is 0.240 e. The molecule has 0 radical (unpaired) electrons. The van der Waals surface area contributed by atoms with Crippen LogP contribution in [0.3, 0.4) is 0 Å². The summed E-state index contributed by atoms with van der Waals surface area (Å²) in [5, 5.41) is 3.38. The van der Waals surface area contributed by atoms with E-state index in [0.717, 1.165) is 5.56 Å². The maximum atomic E-state index is 12.4. The molecule has 0 heterocycles. The van der Waals surface area contributed by atoms with Crippen molar-refractivity contribution < 1.29 is 17.9 Å². The van der Waals surface area contributed by atoms with Gasteiger partial charge in [-0.3, -0.25) is 4.79 Å². The molecule has 2 aromatic rings. The summed E-state index contributed by atoms with van der Waals surface area (Å²) in [5.41, 5.74) is 1.25. The molecule has 1 amide bonds. The molecule has 0 spiro atoms. The molecule has 0 aliphatic rings. The average molecular weight is 443 g/mol. The van der Waals surface area contributed by atoms with E-state index in [9.17, 15) is 13.2 Å². The fraction of sp³-hybridized carbons (Fsp3) is 0.316. The molecule has 2 aromatic carbocycles. The number of hydrogen-bond donors (Lipinski definition) is 2. The number of benzene rings is 2. The highest BCUT2D eigenvalue weighted by Crippen LogP contribution is 2.28. The first-order valence-corrected chi connectivity index (χ1v) is 11.6. The zero-order valence-electron chi connectivity index (χ0n) is 15.9. The van der Waals surface area contributed by atoms with E-state index in [1.165, 1.54) is 37.1 Å². The lowest BCUT2D eigenvalue weighted by Gasteiger charge is -2.14. The Balaban J connectivity index is 2.06. The van der Waals surface area contributed by atoms with E-state index < -0.39 is 10.0 Å². The molecule has 0 fully saturated rings. The first-order chi connectivity index (χ1) is 13.2. The fourth-order valence-corrected chi connectivity index (χ4v) is 4.78. The van der Waals surface area contributed by atoms with Crippen LogP contribution in [0.1, 0.15) is 19.4 Å². The monoisotopic (exact) mass is 442 g/mol. The largest absolute Gasteiger partial charge is 0.495 e. The summed E-state index contributed by atoms with van der Waals surface area (Å²) in [4.78, 5) is 12.4. The Kier molecular flexibility index (Phi) is 8.18. The van der Waals surface area contributed by atoms with Gasteiger partial charge >= 0.3 is 0 Å². The van der Waals surface area contributed by atoms with Gasteiger partial charge in [-0.2, -0.15) is 0 Å². The third-order valence-electron chi connectivity index (χ3n) is 3.59. The van der Waals surface area contributed by atoms with Crippen LogP contribution in [0.5, 0.6) is 5.75 Å². The second kappa shape index (κ2) is 10.2. The van der Waals surface area contributed by atoms with Crippen molar-refractivity contribution in [3.63, 3.8) is 0 Å². The molecule has 0 aromatic heterocycles. The number of hydrogen-bond acceptors (Lipinski definition) is 5. The third-order valence-corrected chi connectivity index (χ3v) is 6.60. The number of ether oxygens (including phenoxy) is 1. The lowest BCUT2D eigenvalue weighted by Crippen LogP contribution is -2.30. The van der Waals surface area contributed by atoms with E-state index in [-0.39, 0.29) is 22.6 Å². The van der Waals surface area contributed by atoms with Crippen molar-refractivity contribution in [3.8, 4) is 5.75 Å². The van der Waals surface area contributed by atoms with Crippen molar-refractivity contribution >= 4 is 45.0 Å². The van der Waals surface area contributed by atoms with E-state index in [1.807, 2.05) is 18.2 Å². The Morgan fingerprint density at radius 1 is 1.21 bits per heavy atom. The molecule has 9 heteroatoms. The first-order valence-electron chi connectivity index (χ1n) is 8.54. The number of halogens is 1. The number of rotatable bonds is 9.